The van der Waals surface area contributed by atoms with Crippen molar-refractivity contribution >= 4 is 31.6 Å². The first kappa shape index (κ1) is 22.7. The average Bonchev–Trinajstić information content (AvgIpc) is 2.57. The van der Waals surface area contributed by atoms with Crippen molar-refractivity contribution in [2.75, 3.05) is 0 Å². The molecule has 0 atom stereocenters. The van der Waals surface area contributed by atoms with Gasteiger partial charge in [-0.2, -0.15) is 16.8 Å². The summed E-state index contributed by atoms with van der Waals surface area (Å²) in [6.45, 7) is 4.44. The highest BCUT2D eigenvalue weighted by Crippen LogP contribution is 2.34. The lowest BCUT2D eigenvalue weighted by molar-refractivity contribution is 0.411. The van der Waals surface area contributed by atoms with Gasteiger partial charge in [0, 0.05) is 12.1 Å². The van der Waals surface area contributed by atoms with Crippen LogP contribution in [0.25, 0.3) is 0 Å². The fourth-order valence-electron chi connectivity index (χ4n) is 2.65. The van der Waals surface area contributed by atoms with Gasteiger partial charge < -0.3 is 5.11 Å². The Morgan fingerprint density at radius 2 is 1.69 bits per heavy atom. The van der Waals surface area contributed by atoms with Crippen molar-refractivity contribution in [3.8, 4) is 5.88 Å². The summed E-state index contributed by atoms with van der Waals surface area (Å²) < 4.78 is 64.9. The Labute approximate surface area is 166 Å². The summed E-state index contributed by atoms with van der Waals surface area (Å²) >= 11 is 0. The van der Waals surface area contributed by atoms with Crippen molar-refractivity contribution in [3.63, 3.8) is 0 Å². The van der Waals surface area contributed by atoms with Gasteiger partial charge in [0.25, 0.3) is 25.8 Å². The minimum absolute atomic E-state index is 0.0351. The summed E-state index contributed by atoms with van der Waals surface area (Å²) in [7, 11) is -9.17. The van der Waals surface area contributed by atoms with Gasteiger partial charge in [-0.15, -0.1) is 10.2 Å². The molecule has 3 N–H and O–H groups in total. The summed E-state index contributed by atoms with van der Waals surface area (Å²) in [6.07, 6.45) is 0. The third-order valence-corrected chi connectivity index (χ3v) is 5.63. The van der Waals surface area contributed by atoms with Gasteiger partial charge in [0.2, 0.25) is 5.88 Å². The minimum Gasteiger partial charge on any atom is -0.493 e. The fraction of sp³-hybridized carbons (Fsp3) is 0.312. The van der Waals surface area contributed by atoms with E-state index in [1.807, 2.05) is 0 Å². The standard InChI is InChI=1S/C16H19N3O8S2/c1-4-19-15(20)11(8-28(22,23)24)10(3)14(16(19)21)18-17-12-7-9(2)5-6-13(12)29(25,26)27/h5-7,21H,4,8H2,1-3H3,(H,22,23,24)(H,25,26,27)/b18-17-. The van der Waals surface area contributed by atoms with Gasteiger partial charge in [-0.25, -0.2) is 0 Å². The van der Waals surface area contributed by atoms with Crippen LogP contribution in [-0.2, 0) is 32.5 Å². The monoisotopic (exact) mass is 445 g/mol. The lowest BCUT2D eigenvalue weighted by atomic mass is 10.1. The van der Waals surface area contributed by atoms with Crippen molar-refractivity contribution in [1.29, 1.82) is 0 Å². The number of hydrogen-bond acceptors (Lipinski definition) is 8. The SMILES string of the molecule is CCn1c(O)c(/N=N\c2cc(C)ccc2S(=O)(=O)O)c(C)c(CS(=O)(=O)O)c1=O. The Balaban J connectivity index is 2.76. The number of nitrogens with zero attached hydrogens (tertiary/aromatic N) is 3. The zero-order valence-electron chi connectivity index (χ0n) is 15.7. The Morgan fingerprint density at radius 3 is 2.21 bits per heavy atom. The highest BCUT2D eigenvalue weighted by Gasteiger charge is 2.22. The van der Waals surface area contributed by atoms with E-state index in [0.29, 0.717) is 5.56 Å². The molecule has 0 unspecified atom stereocenters. The second kappa shape index (κ2) is 8.02. The maximum Gasteiger partial charge on any atom is 0.296 e. The molecule has 0 spiro atoms. The van der Waals surface area contributed by atoms with Crippen LogP contribution in [-0.4, -0.2) is 35.6 Å². The average molecular weight is 445 g/mol. The molecule has 1 aromatic heterocycles. The van der Waals surface area contributed by atoms with Crippen molar-refractivity contribution in [3.05, 3.63) is 45.2 Å². The van der Waals surface area contributed by atoms with E-state index in [2.05, 4.69) is 10.2 Å². The summed E-state index contributed by atoms with van der Waals surface area (Å²) in [5, 5.41) is 17.9. The molecule has 13 heteroatoms. The first-order valence-corrected chi connectivity index (χ1v) is 11.2. The molecule has 0 fully saturated rings. The lowest BCUT2D eigenvalue weighted by Crippen LogP contribution is -2.26. The molecule has 11 nitrogen and oxygen atoms in total. The molecule has 0 radical (unpaired) electrons. The van der Waals surface area contributed by atoms with E-state index in [1.54, 1.807) is 6.92 Å². The molecule has 0 aliphatic carbocycles. The van der Waals surface area contributed by atoms with Gasteiger partial charge in [0.1, 0.15) is 22.0 Å². The van der Waals surface area contributed by atoms with Crippen LogP contribution < -0.4 is 5.56 Å². The quantitative estimate of drug-likeness (QED) is 0.448. The molecule has 29 heavy (non-hydrogen) atoms. The molecular weight excluding hydrogens is 426 g/mol. The van der Waals surface area contributed by atoms with Crippen LogP contribution in [0.5, 0.6) is 5.88 Å². The second-order valence-corrected chi connectivity index (χ2v) is 9.04. The van der Waals surface area contributed by atoms with E-state index < -0.39 is 42.3 Å². The van der Waals surface area contributed by atoms with E-state index in [4.69, 9.17) is 4.55 Å². The number of rotatable bonds is 6. The van der Waals surface area contributed by atoms with E-state index in [-0.39, 0.29) is 29.0 Å². The molecule has 0 amide bonds. The predicted octanol–water partition coefficient (Wildman–Crippen LogP) is 2.24. The Bertz CT molecular complexity index is 1260. The van der Waals surface area contributed by atoms with Crippen LogP contribution in [0.3, 0.4) is 0 Å². The van der Waals surface area contributed by atoms with E-state index >= 15 is 0 Å². The van der Waals surface area contributed by atoms with E-state index in [0.717, 1.165) is 10.6 Å². The Hall–Kier alpha value is -2.61. The number of aryl methyl sites for hydroxylation is 1. The number of azo groups is 1. The summed E-state index contributed by atoms with van der Waals surface area (Å²) in [4.78, 5) is 11.9. The zero-order valence-corrected chi connectivity index (χ0v) is 17.3. The maximum absolute atomic E-state index is 12.4. The van der Waals surface area contributed by atoms with Crippen LogP contribution in [0, 0.1) is 13.8 Å². The molecule has 0 saturated carbocycles. The Morgan fingerprint density at radius 1 is 1.07 bits per heavy atom. The number of aromatic hydroxyl groups is 1. The third-order valence-electron chi connectivity index (χ3n) is 4.07. The van der Waals surface area contributed by atoms with Gasteiger partial charge in [-0.3, -0.25) is 18.5 Å². The molecule has 1 aromatic carbocycles. The summed E-state index contributed by atoms with van der Waals surface area (Å²) in [5.41, 5.74) is -1.10. The minimum atomic E-state index is -4.61. The van der Waals surface area contributed by atoms with Crippen molar-refractivity contribution in [2.45, 2.75) is 38.0 Å². The molecule has 2 rings (SSSR count). The maximum atomic E-state index is 12.4. The molecule has 0 aliphatic heterocycles. The molecule has 158 valence electrons. The van der Waals surface area contributed by atoms with Gasteiger partial charge in [0.15, 0.2) is 0 Å². The molecule has 0 aliphatic rings. The number of hydrogen-bond donors (Lipinski definition) is 3. The van der Waals surface area contributed by atoms with E-state index in [1.165, 1.54) is 26.0 Å². The fourth-order valence-corrected chi connectivity index (χ4v) is 3.96. The van der Waals surface area contributed by atoms with Crippen LogP contribution in [0.15, 0.2) is 38.1 Å². The van der Waals surface area contributed by atoms with Crippen molar-refractivity contribution in [2.24, 2.45) is 10.2 Å². The largest absolute Gasteiger partial charge is 0.493 e. The summed E-state index contributed by atoms with van der Waals surface area (Å²) in [6, 6.07) is 3.89. The van der Waals surface area contributed by atoms with Gasteiger partial charge >= 0.3 is 0 Å². The molecular formula is C16H19N3O8S2. The number of pyridine rings is 1. The Kier molecular flexibility index (Phi) is 6.27. The van der Waals surface area contributed by atoms with Crippen LogP contribution in [0.4, 0.5) is 11.4 Å². The van der Waals surface area contributed by atoms with Crippen molar-refractivity contribution < 1.29 is 31.0 Å². The van der Waals surface area contributed by atoms with Gasteiger partial charge in [0.05, 0.1) is 0 Å². The second-order valence-electron chi connectivity index (χ2n) is 6.20. The first-order valence-electron chi connectivity index (χ1n) is 8.16. The van der Waals surface area contributed by atoms with Crippen molar-refractivity contribution in [1.82, 2.24) is 4.57 Å². The zero-order chi connectivity index (χ0) is 22.1. The van der Waals surface area contributed by atoms with Crippen LogP contribution in [0.1, 0.15) is 23.6 Å². The lowest BCUT2D eigenvalue weighted by Gasteiger charge is -2.14. The molecule has 0 saturated heterocycles. The number of benzene rings is 1. The smallest absolute Gasteiger partial charge is 0.296 e. The topological polar surface area (TPSA) is 176 Å². The highest BCUT2D eigenvalue weighted by atomic mass is 32.2. The van der Waals surface area contributed by atoms with Gasteiger partial charge in [-0.1, -0.05) is 6.07 Å². The van der Waals surface area contributed by atoms with Gasteiger partial charge in [-0.05, 0) is 44.0 Å². The predicted molar refractivity (Wildman–Crippen MR) is 103 cm³/mol. The molecule has 1 heterocycles. The van der Waals surface area contributed by atoms with E-state index in [9.17, 15) is 31.3 Å². The third kappa shape index (κ3) is 5.06. The first-order chi connectivity index (χ1) is 13.3. The summed E-state index contributed by atoms with van der Waals surface area (Å²) in [5.74, 6) is -1.61. The highest BCUT2D eigenvalue weighted by molar-refractivity contribution is 7.86. The van der Waals surface area contributed by atoms with Crippen LogP contribution in [0.2, 0.25) is 0 Å². The normalized spacial score (nSPS) is 12.6. The van der Waals surface area contributed by atoms with Crippen LogP contribution >= 0.6 is 0 Å². The molecule has 2 aromatic rings. The molecule has 0 bridgehead atoms. The number of aromatic nitrogens is 1.